The number of pyridine rings is 2. The first-order valence-corrected chi connectivity index (χ1v) is 11.6. The van der Waals surface area contributed by atoms with Crippen LogP contribution in [0.5, 0.6) is 11.5 Å². The van der Waals surface area contributed by atoms with E-state index < -0.39 is 15.1 Å². The lowest BCUT2D eigenvalue weighted by atomic mass is 10.1. The maximum atomic E-state index is 13.0. The topological polar surface area (TPSA) is 112 Å². The van der Waals surface area contributed by atoms with Crippen LogP contribution >= 0.6 is 0 Å². The van der Waals surface area contributed by atoms with Gasteiger partial charge in [0.1, 0.15) is 24.2 Å². The highest BCUT2D eigenvalue weighted by Crippen LogP contribution is 2.45. The van der Waals surface area contributed by atoms with Gasteiger partial charge in [0.25, 0.3) is 0 Å². The molecule has 10 heteroatoms. The largest absolute Gasteiger partial charge is 0.484 e. The van der Waals surface area contributed by atoms with E-state index in [1.165, 1.54) is 13.0 Å². The number of amides is 1. The molecule has 1 amide bonds. The molecule has 0 radical (unpaired) electrons. The predicted octanol–water partition coefficient (Wildman–Crippen LogP) is 2.69. The summed E-state index contributed by atoms with van der Waals surface area (Å²) in [6.45, 7) is 3.61. The van der Waals surface area contributed by atoms with Crippen LogP contribution in [-0.2, 0) is 21.7 Å². The van der Waals surface area contributed by atoms with Crippen LogP contribution in [0.4, 0.5) is 5.82 Å². The molecule has 1 fully saturated rings. The molecule has 4 heterocycles. The Morgan fingerprint density at radius 2 is 2.06 bits per heavy atom. The van der Waals surface area contributed by atoms with Crippen molar-refractivity contribution < 1.29 is 22.7 Å². The minimum Gasteiger partial charge on any atom is -0.484 e. The van der Waals surface area contributed by atoms with Crippen molar-refractivity contribution in [2.75, 3.05) is 11.9 Å². The van der Waals surface area contributed by atoms with E-state index in [0.29, 0.717) is 48.0 Å². The zero-order valence-corrected chi connectivity index (χ0v) is 18.2. The minimum atomic E-state index is -3.54. The Kier molecular flexibility index (Phi) is 4.44. The fourth-order valence-corrected chi connectivity index (χ4v) is 5.35. The van der Waals surface area contributed by atoms with Crippen molar-refractivity contribution in [1.29, 1.82) is 0 Å². The highest BCUT2D eigenvalue weighted by atomic mass is 32.2. The molecule has 1 atom stereocenters. The molecule has 3 aromatic heterocycles. The van der Waals surface area contributed by atoms with Crippen LogP contribution in [0.3, 0.4) is 0 Å². The SMILES string of the molecule is CC(=O)Nc1cc2c(-c3nc(S(=O)(=O)C4CC4)cc4c3OCC(C)O4)cn(C)c2cn1. The first-order chi connectivity index (χ1) is 14.7. The third kappa shape index (κ3) is 3.40. The Morgan fingerprint density at radius 3 is 2.77 bits per heavy atom. The van der Waals surface area contributed by atoms with Gasteiger partial charge in [0.2, 0.25) is 5.91 Å². The van der Waals surface area contributed by atoms with E-state index in [1.807, 2.05) is 24.7 Å². The third-order valence-electron chi connectivity index (χ3n) is 5.40. The van der Waals surface area contributed by atoms with Crippen molar-refractivity contribution in [2.45, 2.75) is 43.1 Å². The molecule has 0 bridgehead atoms. The molecule has 1 unspecified atom stereocenters. The number of rotatable bonds is 4. The van der Waals surface area contributed by atoms with E-state index in [4.69, 9.17) is 9.47 Å². The highest BCUT2D eigenvalue weighted by Gasteiger charge is 2.39. The van der Waals surface area contributed by atoms with E-state index in [9.17, 15) is 13.2 Å². The first kappa shape index (κ1) is 19.8. The molecule has 1 aliphatic heterocycles. The van der Waals surface area contributed by atoms with Gasteiger partial charge in [-0.3, -0.25) is 4.79 Å². The number of carbonyl (C=O) groups excluding carboxylic acids is 1. The lowest BCUT2D eigenvalue weighted by molar-refractivity contribution is -0.114. The number of aryl methyl sites for hydroxylation is 1. The van der Waals surface area contributed by atoms with E-state index in [1.54, 1.807) is 12.3 Å². The van der Waals surface area contributed by atoms with Crippen LogP contribution in [0.25, 0.3) is 22.2 Å². The predicted molar refractivity (Wildman–Crippen MR) is 114 cm³/mol. The third-order valence-corrected chi connectivity index (χ3v) is 7.54. The maximum Gasteiger partial charge on any atom is 0.222 e. The van der Waals surface area contributed by atoms with Crippen molar-refractivity contribution in [1.82, 2.24) is 14.5 Å². The van der Waals surface area contributed by atoms with Gasteiger partial charge in [-0.2, -0.15) is 0 Å². The second-order valence-electron chi connectivity index (χ2n) is 8.04. The number of carbonyl (C=O) groups is 1. The van der Waals surface area contributed by atoms with Crippen molar-refractivity contribution in [3.8, 4) is 22.8 Å². The van der Waals surface area contributed by atoms with Gasteiger partial charge in [-0.05, 0) is 25.8 Å². The highest BCUT2D eigenvalue weighted by molar-refractivity contribution is 7.92. The van der Waals surface area contributed by atoms with Gasteiger partial charge in [0.05, 0.1) is 17.0 Å². The summed E-state index contributed by atoms with van der Waals surface area (Å²) in [5.74, 6) is 0.950. The van der Waals surface area contributed by atoms with Crippen LogP contribution in [0.1, 0.15) is 26.7 Å². The smallest absolute Gasteiger partial charge is 0.222 e. The van der Waals surface area contributed by atoms with E-state index in [0.717, 1.165) is 10.9 Å². The van der Waals surface area contributed by atoms with E-state index in [-0.39, 0.29) is 17.0 Å². The number of hydrogen-bond acceptors (Lipinski definition) is 7. The van der Waals surface area contributed by atoms with Crippen LogP contribution in [0.15, 0.2) is 29.6 Å². The molecule has 0 spiro atoms. The molecule has 1 N–H and O–H groups in total. The Balaban J connectivity index is 1.75. The second kappa shape index (κ2) is 6.94. The molecule has 31 heavy (non-hydrogen) atoms. The van der Waals surface area contributed by atoms with Gasteiger partial charge in [-0.25, -0.2) is 18.4 Å². The number of anilines is 1. The average Bonchev–Trinajstić information content (AvgIpc) is 3.52. The van der Waals surface area contributed by atoms with E-state index >= 15 is 0 Å². The van der Waals surface area contributed by atoms with Gasteiger partial charge < -0.3 is 19.4 Å². The fraction of sp³-hybridized carbons (Fsp3) is 0.381. The summed E-state index contributed by atoms with van der Waals surface area (Å²) >= 11 is 0. The summed E-state index contributed by atoms with van der Waals surface area (Å²) < 4.78 is 39.7. The molecule has 5 rings (SSSR count). The van der Waals surface area contributed by atoms with Crippen LogP contribution in [0.2, 0.25) is 0 Å². The summed E-state index contributed by atoms with van der Waals surface area (Å²) in [6, 6.07) is 3.21. The number of nitrogens with one attached hydrogen (secondary N) is 1. The van der Waals surface area contributed by atoms with Gasteiger partial charge in [0, 0.05) is 37.2 Å². The molecular formula is C21H22N4O5S. The zero-order valence-electron chi connectivity index (χ0n) is 17.4. The average molecular weight is 442 g/mol. The van der Waals surface area contributed by atoms with Crippen LogP contribution in [-0.4, -0.2) is 46.8 Å². The number of hydrogen-bond donors (Lipinski definition) is 1. The summed E-state index contributed by atoms with van der Waals surface area (Å²) in [6.07, 6.45) is 4.58. The van der Waals surface area contributed by atoms with Crippen LogP contribution in [0, 0.1) is 0 Å². The fourth-order valence-electron chi connectivity index (χ4n) is 3.76. The van der Waals surface area contributed by atoms with Gasteiger partial charge in [-0.1, -0.05) is 0 Å². The van der Waals surface area contributed by atoms with Crippen molar-refractivity contribution in [2.24, 2.45) is 7.05 Å². The number of ether oxygens (including phenoxy) is 2. The minimum absolute atomic E-state index is 0.00501. The molecule has 3 aromatic rings. The van der Waals surface area contributed by atoms with Gasteiger partial charge in [-0.15, -0.1) is 0 Å². The van der Waals surface area contributed by atoms with Gasteiger partial charge >= 0.3 is 0 Å². The molecule has 1 aliphatic carbocycles. The summed E-state index contributed by atoms with van der Waals surface area (Å²) in [5, 5.41) is 3.05. The quantitative estimate of drug-likeness (QED) is 0.661. The monoisotopic (exact) mass is 442 g/mol. The standard InChI is InChI=1S/C21H22N4O5S/c1-11-10-29-21-17(30-11)7-19(31(27,28)13-4-5-13)24-20(21)15-9-25(3)16-8-22-18(6-14(15)16)23-12(2)26/h6-9,11,13H,4-5,10H2,1-3H3,(H,22,23,26). The number of nitrogens with zero attached hydrogens (tertiary/aromatic N) is 3. The summed E-state index contributed by atoms with van der Waals surface area (Å²) in [5.41, 5.74) is 1.88. The molecule has 0 aromatic carbocycles. The van der Waals surface area contributed by atoms with Crippen molar-refractivity contribution in [3.63, 3.8) is 0 Å². The zero-order chi connectivity index (χ0) is 21.9. The Bertz CT molecular complexity index is 1330. The normalized spacial score (nSPS) is 18.2. The molecule has 0 saturated heterocycles. The molecule has 9 nitrogen and oxygen atoms in total. The van der Waals surface area contributed by atoms with Crippen molar-refractivity contribution >= 4 is 32.5 Å². The molecule has 162 valence electrons. The number of sulfone groups is 1. The lowest BCUT2D eigenvalue weighted by Gasteiger charge is -2.26. The van der Waals surface area contributed by atoms with Gasteiger partial charge in [0.15, 0.2) is 26.4 Å². The summed E-state index contributed by atoms with van der Waals surface area (Å²) in [7, 11) is -1.68. The number of fused-ring (bicyclic) bond motifs is 2. The Hall–Kier alpha value is -3.14. The van der Waals surface area contributed by atoms with Crippen LogP contribution < -0.4 is 14.8 Å². The number of aromatic nitrogens is 3. The molecular weight excluding hydrogens is 420 g/mol. The Morgan fingerprint density at radius 1 is 1.29 bits per heavy atom. The summed E-state index contributed by atoms with van der Waals surface area (Å²) in [4.78, 5) is 20.3. The lowest BCUT2D eigenvalue weighted by Crippen LogP contribution is -2.27. The van der Waals surface area contributed by atoms with Crippen molar-refractivity contribution in [3.05, 3.63) is 24.5 Å². The first-order valence-electron chi connectivity index (χ1n) is 10.1. The molecule has 1 saturated carbocycles. The second-order valence-corrected chi connectivity index (χ2v) is 10.2. The van der Waals surface area contributed by atoms with E-state index in [2.05, 4.69) is 15.3 Å². The molecule has 2 aliphatic rings. The maximum absolute atomic E-state index is 13.0. The Labute approximate surface area is 179 Å².